The van der Waals surface area contributed by atoms with Gasteiger partial charge in [-0.05, 0) is 26.7 Å². The summed E-state index contributed by atoms with van der Waals surface area (Å²) < 4.78 is 43.8. The third-order valence-corrected chi connectivity index (χ3v) is 4.29. The predicted octanol–water partition coefficient (Wildman–Crippen LogP) is 7.04. The van der Waals surface area contributed by atoms with Crippen molar-refractivity contribution in [2.45, 2.75) is 116 Å². The number of hydrogen-bond acceptors (Lipinski definition) is 1. The molecule has 0 N–H and O–H groups in total. The quantitative estimate of drug-likeness (QED) is 0.330. The Balaban J connectivity index is 4.40. The van der Waals surface area contributed by atoms with Gasteiger partial charge in [-0.15, -0.1) is 0 Å². The van der Waals surface area contributed by atoms with Crippen LogP contribution < -0.4 is 0 Å². The Morgan fingerprint density at radius 1 is 0.773 bits per heavy atom. The van der Waals surface area contributed by atoms with E-state index < -0.39 is 17.9 Å². The van der Waals surface area contributed by atoms with Crippen LogP contribution in [0, 0.1) is 0 Å². The van der Waals surface area contributed by atoms with Crippen LogP contribution in [0.5, 0.6) is 0 Å². The molecule has 1 unspecified atom stereocenters. The second-order valence-corrected chi connectivity index (χ2v) is 6.73. The van der Waals surface area contributed by atoms with Crippen LogP contribution in [0.2, 0.25) is 0 Å². The van der Waals surface area contributed by atoms with Gasteiger partial charge in [-0.2, -0.15) is 13.2 Å². The lowest BCUT2D eigenvalue weighted by atomic mass is 9.91. The molecule has 0 heterocycles. The predicted molar refractivity (Wildman–Crippen MR) is 87.1 cm³/mol. The van der Waals surface area contributed by atoms with Crippen molar-refractivity contribution in [1.29, 1.82) is 0 Å². The molecule has 1 nitrogen and oxygen atoms in total. The summed E-state index contributed by atoms with van der Waals surface area (Å²) in [4.78, 5) is 0. The Bertz CT molecular complexity index is 266. The molecule has 0 fully saturated rings. The number of halogens is 3. The molecule has 0 bridgehead atoms. The van der Waals surface area contributed by atoms with Crippen LogP contribution in [-0.4, -0.2) is 17.9 Å². The lowest BCUT2D eigenvalue weighted by molar-refractivity contribution is -0.247. The van der Waals surface area contributed by atoms with Gasteiger partial charge in [0, 0.05) is 0 Å². The molecule has 0 aliphatic carbocycles. The standard InChI is InChI=1S/C18H35F3O/c1-5-7-9-11-13-15-17(4,14-12-10-8-6-2)22-16(3)18(19,20)21/h16H,5-15H2,1-4H3/t16-,17?/m0/s1. The smallest absolute Gasteiger partial charge is 0.363 e. The van der Waals surface area contributed by atoms with E-state index >= 15 is 0 Å². The number of unbranched alkanes of at least 4 members (excludes halogenated alkanes) is 7. The van der Waals surface area contributed by atoms with E-state index in [-0.39, 0.29) is 0 Å². The number of ether oxygens (including phenoxy) is 1. The Kier molecular flexibility index (Phi) is 11.2. The maximum atomic E-state index is 12.8. The van der Waals surface area contributed by atoms with Gasteiger partial charge in [0.05, 0.1) is 5.60 Å². The highest BCUT2D eigenvalue weighted by atomic mass is 19.4. The van der Waals surface area contributed by atoms with Crippen molar-refractivity contribution < 1.29 is 17.9 Å². The number of hydrogen-bond donors (Lipinski definition) is 0. The third-order valence-electron chi connectivity index (χ3n) is 4.29. The summed E-state index contributed by atoms with van der Waals surface area (Å²) in [5.41, 5.74) is -0.644. The van der Waals surface area contributed by atoms with Crippen LogP contribution >= 0.6 is 0 Å². The minimum atomic E-state index is -4.27. The summed E-state index contributed by atoms with van der Waals surface area (Å²) in [6, 6.07) is 0. The summed E-state index contributed by atoms with van der Waals surface area (Å²) in [6.45, 7) is 7.28. The van der Waals surface area contributed by atoms with E-state index in [1.807, 2.05) is 6.92 Å². The minimum absolute atomic E-state index is 0.644. The molecule has 4 heteroatoms. The lowest BCUT2D eigenvalue weighted by Crippen LogP contribution is -2.39. The van der Waals surface area contributed by atoms with Gasteiger partial charge in [-0.3, -0.25) is 0 Å². The Morgan fingerprint density at radius 3 is 1.59 bits per heavy atom. The Hall–Kier alpha value is -0.250. The average molecular weight is 324 g/mol. The van der Waals surface area contributed by atoms with Crippen LogP contribution in [0.3, 0.4) is 0 Å². The molecule has 0 saturated heterocycles. The van der Waals surface area contributed by atoms with Crippen LogP contribution in [0.1, 0.15) is 98.3 Å². The van der Waals surface area contributed by atoms with E-state index in [0.29, 0.717) is 0 Å². The van der Waals surface area contributed by atoms with E-state index in [4.69, 9.17) is 4.74 Å². The Labute approximate surface area is 135 Å². The first kappa shape index (κ1) is 21.8. The molecular formula is C18H35F3O. The first-order valence-corrected chi connectivity index (χ1v) is 8.99. The highest BCUT2D eigenvalue weighted by Gasteiger charge is 2.41. The second-order valence-electron chi connectivity index (χ2n) is 6.73. The molecular weight excluding hydrogens is 289 g/mol. The molecule has 0 aromatic rings. The SMILES string of the molecule is CCCCCCCC(C)(CCCCCC)O[C@@H](C)C(F)(F)F. The van der Waals surface area contributed by atoms with Crippen LogP contribution in [0.25, 0.3) is 0 Å². The van der Waals surface area contributed by atoms with Crippen molar-refractivity contribution >= 4 is 0 Å². The molecule has 2 atom stereocenters. The fourth-order valence-corrected chi connectivity index (χ4v) is 2.76. The Morgan fingerprint density at radius 2 is 1.18 bits per heavy atom. The molecule has 0 aromatic carbocycles. The van der Waals surface area contributed by atoms with Gasteiger partial charge in [-0.25, -0.2) is 0 Å². The fraction of sp³-hybridized carbons (Fsp3) is 1.00. The number of alkyl halides is 3. The first-order chi connectivity index (χ1) is 10.2. The van der Waals surface area contributed by atoms with Gasteiger partial charge in [-0.1, -0.05) is 71.6 Å². The monoisotopic (exact) mass is 324 g/mol. The zero-order chi connectivity index (χ0) is 17.1. The summed E-state index contributed by atoms with van der Waals surface area (Å²) in [7, 11) is 0. The van der Waals surface area contributed by atoms with Gasteiger partial charge in [0.15, 0.2) is 6.10 Å². The number of rotatable bonds is 13. The van der Waals surface area contributed by atoms with Gasteiger partial charge in [0.25, 0.3) is 0 Å². The van der Waals surface area contributed by atoms with E-state index in [0.717, 1.165) is 64.7 Å². The lowest BCUT2D eigenvalue weighted by Gasteiger charge is -2.34. The first-order valence-electron chi connectivity index (χ1n) is 8.99. The van der Waals surface area contributed by atoms with Crippen molar-refractivity contribution in [2.24, 2.45) is 0 Å². The molecule has 134 valence electrons. The molecule has 22 heavy (non-hydrogen) atoms. The maximum Gasteiger partial charge on any atom is 0.414 e. The van der Waals surface area contributed by atoms with Gasteiger partial charge >= 0.3 is 6.18 Å². The van der Waals surface area contributed by atoms with Crippen LogP contribution in [-0.2, 0) is 4.74 Å². The molecule has 0 saturated carbocycles. The molecule has 0 amide bonds. The third kappa shape index (κ3) is 10.5. The van der Waals surface area contributed by atoms with Crippen molar-refractivity contribution in [3.8, 4) is 0 Å². The average Bonchev–Trinajstić information content (AvgIpc) is 2.42. The van der Waals surface area contributed by atoms with Gasteiger partial charge < -0.3 is 4.74 Å². The second kappa shape index (κ2) is 11.3. The summed E-state index contributed by atoms with van der Waals surface area (Å²) in [6.07, 6.45) is 5.37. The van der Waals surface area contributed by atoms with Gasteiger partial charge in [0.1, 0.15) is 0 Å². The fourth-order valence-electron chi connectivity index (χ4n) is 2.76. The highest BCUT2D eigenvalue weighted by Crippen LogP contribution is 2.33. The molecule has 0 rings (SSSR count). The molecule has 0 aliphatic heterocycles. The van der Waals surface area contributed by atoms with E-state index in [1.165, 1.54) is 12.8 Å². The molecule has 0 radical (unpaired) electrons. The van der Waals surface area contributed by atoms with E-state index in [2.05, 4.69) is 13.8 Å². The summed E-state index contributed by atoms with van der Waals surface area (Å²) >= 11 is 0. The normalized spacial score (nSPS) is 16.5. The van der Waals surface area contributed by atoms with E-state index in [1.54, 1.807) is 0 Å². The van der Waals surface area contributed by atoms with Crippen LogP contribution in [0.4, 0.5) is 13.2 Å². The molecule has 0 aromatic heterocycles. The van der Waals surface area contributed by atoms with Crippen LogP contribution in [0.15, 0.2) is 0 Å². The van der Waals surface area contributed by atoms with Gasteiger partial charge in [0.2, 0.25) is 0 Å². The van der Waals surface area contributed by atoms with Crippen molar-refractivity contribution in [1.82, 2.24) is 0 Å². The zero-order valence-electron chi connectivity index (χ0n) is 14.9. The largest absolute Gasteiger partial charge is 0.414 e. The minimum Gasteiger partial charge on any atom is -0.363 e. The molecule has 0 spiro atoms. The molecule has 0 aliphatic rings. The van der Waals surface area contributed by atoms with Crippen molar-refractivity contribution in [3.63, 3.8) is 0 Å². The topological polar surface area (TPSA) is 9.23 Å². The summed E-state index contributed by atoms with van der Waals surface area (Å²) in [5.74, 6) is 0. The maximum absolute atomic E-state index is 12.8. The highest BCUT2D eigenvalue weighted by molar-refractivity contribution is 4.79. The summed E-state index contributed by atoms with van der Waals surface area (Å²) in [5, 5.41) is 0. The van der Waals surface area contributed by atoms with E-state index in [9.17, 15) is 13.2 Å². The zero-order valence-corrected chi connectivity index (χ0v) is 14.9. The van der Waals surface area contributed by atoms with Crippen molar-refractivity contribution in [2.75, 3.05) is 0 Å². The van der Waals surface area contributed by atoms with Crippen molar-refractivity contribution in [3.05, 3.63) is 0 Å².